The first-order valence-electron chi connectivity index (χ1n) is 7.58. The van der Waals surface area contributed by atoms with E-state index >= 15 is 0 Å². The molecule has 1 aliphatic carbocycles. The van der Waals surface area contributed by atoms with Crippen LogP contribution >= 0.6 is 12.2 Å². The topological polar surface area (TPSA) is 80.4 Å². The van der Waals surface area contributed by atoms with Crippen LogP contribution < -0.4 is 0 Å². The van der Waals surface area contributed by atoms with Gasteiger partial charge in [-0.25, -0.2) is 14.4 Å². The molecular weight excluding hydrogens is 321 g/mol. The fraction of sp³-hybridized carbons (Fsp3) is 0.533. The van der Waals surface area contributed by atoms with Crippen LogP contribution in [0.5, 0.6) is 0 Å². The minimum atomic E-state index is -1.64. The number of aliphatic hydroxyl groups excluding tert-OH is 2. The van der Waals surface area contributed by atoms with Crippen molar-refractivity contribution >= 4 is 28.1 Å². The molecule has 0 unspecified atom stereocenters. The summed E-state index contributed by atoms with van der Waals surface area (Å²) in [6.45, 7) is -0.436. The molecule has 2 aliphatic rings. The van der Waals surface area contributed by atoms with Crippen LogP contribution in [0.3, 0.4) is 0 Å². The Bertz CT molecular complexity index is 781. The van der Waals surface area contributed by atoms with E-state index in [0.717, 1.165) is 40.8 Å². The number of thiocarbonyl (C=S) groups is 1. The summed E-state index contributed by atoms with van der Waals surface area (Å²) in [6, 6.07) is 0. The molecule has 23 heavy (non-hydrogen) atoms. The van der Waals surface area contributed by atoms with Crippen molar-refractivity contribution in [3.05, 3.63) is 23.8 Å². The molecule has 122 valence electrons. The summed E-state index contributed by atoms with van der Waals surface area (Å²) >= 11 is 5.43. The van der Waals surface area contributed by atoms with Crippen LogP contribution in [0.25, 0.3) is 11.0 Å². The molecule has 0 spiro atoms. The van der Waals surface area contributed by atoms with Crippen molar-refractivity contribution in [3.63, 3.8) is 0 Å². The van der Waals surface area contributed by atoms with E-state index in [1.807, 2.05) is 0 Å². The molecule has 2 aromatic rings. The van der Waals surface area contributed by atoms with E-state index in [1.165, 1.54) is 6.33 Å². The Morgan fingerprint density at radius 1 is 1.39 bits per heavy atom. The maximum Gasteiger partial charge on any atom is 0.173 e. The van der Waals surface area contributed by atoms with Gasteiger partial charge in [0, 0.05) is 16.4 Å². The third-order valence-corrected chi connectivity index (χ3v) is 4.95. The third-order valence-electron chi connectivity index (χ3n) is 4.55. The molecule has 2 aromatic heterocycles. The van der Waals surface area contributed by atoms with Gasteiger partial charge in [0.15, 0.2) is 12.4 Å². The van der Waals surface area contributed by atoms with Crippen molar-refractivity contribution in [2.24, 2.45) is 0 Å². The molecule has 0 amide bonds. The molecule has 1 fully saturated rings. The summed E-state index contributed by atoms with van der Waals surface area (Å²) < 4.78 is 21.5. The molecule has 1 aliphatic heterocycles. The first-order valence-corrected chi connectivity index (χ1v) is 7.98. The fourth-order valence-electron chi connectivity index (χ4n) is 3.39. The van der Waals surface area contributed by atoms with Crippen LogP contribution in [0.1, 0.15) is 30.3 Å². The Morgan fingerprint density at radius 2 is 2.22 bits per heavy atom. The van der Waals surface area contributed by atoms with Gasteiger partial charge in [-0.3, -0.25) is 0 Å². The van der Waals surface area contributed by atoms with Crippen LogP contribution in [-0.4, -0.2) is 54.6 Å². The molecule has 8 heteroatoms. The van der Waals surface area contributed by atoms with Crippen molar-refractivity contribution in [2.45, 2.75) is 43.9 Å². The molecule has 2 N–H and O–H groups in total. The standard InChI is InChI=1S/C15H16FN3O3S/c16-11-13(21)8(5-20)22-15(11)19-4-7-2-1-3-9(23)12-10(7)14(19)18-6-17-12/h4,6,8,11,13,15,20-21H,1-3,5H2/t8-,11-,13-,15-/m1/s1. The molecule has 1 saturated heterocycles. The number of aliphatic hydroxyl groups is 2. The number of nitrogens with zero attached hydrogens (tertiary/aromatic N) is 3. The lowest BCUT2D eigenvalue weighted by Gasteiger charge is -2.16. The summed E-state index contributed by atoms with van der Waals surface area (Å²) in [4.78, 5) is 9.35. The Labute approximate surface area is 136 Å². The van der Waals surface area contributed by atoms with Crippen LogP contribution in [0.15, 0.2) is 12.5 Å². The van der Waals surface area contributed by atoms with E-state index in [-0.39, 0.29) is 0 Å². The Hall–Kier alpha value is -1.48. The van der Waals surface area contributed by atoms with Crippen LogP contribution in [0, 0.1) is 0 Å². The molecule has 6 nitrogen and oxygen atoms in total. The summed E-state index contributed by atoms with van der Waals surface area (Å²) in [7, 11) is 0. The predicted molar refractivity (Wildman–Crippen MR) is 84.1 cm³/mol. The van der Waals surface area contributed by atoms with Gasteiger partial charge in [0.1, 0.15) is 24.2 Å². The van der Waals surface area contributed by atoms with E-state index in [1.54, 1.807) is 10.8 Å². The van der Waals surface area contributed by atoms with Gasteiger partial charge in [0.2, 0.25) is 0 Å². The number of hydrogen-bond donors (Lipinski definition) is 2. The minimum absolute atomic E-state index is 0.436. The SMILES string of the molecule is OC[C@H]1O[C@@H](n2cc3c4c(ncnc42)C(=S)CCC3)[C@H](F)[C@@H]1O. The van der Waals surface area contributed by atoms with E-state index in [9.17, 15) is 14.6 Å². The van der Waals surface area contributed by atoms with Gasteiger partial charge in [0.25, 0.3) is 0 Å². The van der Waals surface area contributed by atoms with Crippen LogP contribution in [0.2, 0.25) is 0 Å². The fourth-order valence-corrected chi connectivity index (χ4v) is 3.69. The largest absolute Gasteiger partial charge is 0.394 e. The van der Waals surface area contributed by atoms with Crippen molar-refractivity contribution in [2.75, 3.05) is 6.61 Å². The lowest BCUT2D eigenvalue weighted by Crippen LogP contribution is -2.30. The van der Waals surface area contributed by atoms with E-state index in [0.29, 0.717) is 5.65 Å². The number of alkyl halides is 1. The summed E-state index contributed by atoms with van der Waals surface area (Å²) in [5, 5.41) is 19.9. The highest BCUT2D eigenvalue weighted by Gasteiger charge is 2.45. The van der Waals surface area contributed by atoms with Gasteiger partial charge >= 0.3 is 0 Å². The number of rotatable bonds is 2. The molecule has 0 radical (unpaired) electrons. The maximum atomic E-state index is 14.4. The quantitative estimate of drug-likeness (QED) is 0.798. The molecule has 0 aromatic carbocycles. The highest BCUT2D eigenvalue weighted by Crippen LogP contribution is 2.37. The number of aromatic nitrogens is 3. The highest BCUT2D eigenvalue weighted by atomic mass is 32.1. The second kappa shape index (κ2) is 5.55. The molecule has 0 saturated carbocycles. The normalized spacial score (nSPS) is 30.8. The van der Waals surface area contributed by atoms with Gasteiger partial charge in [-0.2, -0.15) is 0 Å². The zero-order valence-electron chi connectivity index (χ0n) is 12.2. The van der Waals surface area contributed by atoms with Gasteiger partial charge < -0.3 is 19.5 Å². The van der Waals surface area contributed by atoms with E-state index < -0.39 is 31.2 Å². The Balaban J connectivity index is 1.87. The number of hydrogen-bond acceptors (Lipinski definition) is 6. The monoisotopic (exact) mass is 337 g/mol. The summed E-state index contributed by atoms with van der Waals surface area (Å²) in [6.07, 6.45) is 0.775. The number of halogens is 1. The number of aryl methyl sites for hydroxylation is 1. The van der Waals surface area contributed by atoms with E-state index in [4.69, 9.17) is 17.0 Å². The lowest BCUT2D eigenvalue weighted by molar-refractivity contribution is -0.0457. The molecule has 4 atom stereocenters. The second-order valence-corrected chi connectivity index (χ2v) is 6.43. The minimum Gasteiger partial charge on any atom is -0.394 e. The number of ether oxygens (including phenoxy) is 1. The Kier molecular flexibility index (Phi) is 3.64. The highest BCUT2D eigenvalue weighted by molar-refractivity contribution is 7.80. The van der Waals surface area contributed by atoms with Crippen molar-refractivity contribution in [1.29, 1.82) is 0 Å². The lowest BCUT2D eigenvalue weighted by atomic mass is 10.1. The third kappa shape index (κ3) is 2.20. The second-order valence-electron chi connectivity index (χ2n) is 5.94. The predicted octanol–water partition coefficient (Wildman–Crippen LogP) is 1.07. The van der Waals surface area contributed by atoms with Gasteiger partial charge in [-0.1, -0.05) is 12.2 Å². The van der Waals surface area contributed by atoms with Crippen molar-refractivity contribution in [3.8, 4) is 0 Å². The molecule has 3 heterocycles. The average molecular weight is 337 g/mol. The zero-order chi connectivity index (χ0) is 16.1. The van der Waals surface area contributed by atoms with Crippen molar-refractivity contribution < 1.29 is 19.3 Å². The summed E-state index contributed by atoms with van der Waals surface area (Å²) in [5.41, 5.74) is 2.28. The molecule has 0 bridgehead atoms. The first-order chi connectivity index (χ1) is 11.1. The van der Waals surface area contributed by atoms with Crippen molar-refractivity contribution in [1.82, 2.24) is 14.5 Å². The smallest absolute Gasteiger partial charge is 0.173 e. The van der Waals surface area contributed by atoms with Gasteiger partial charge in [-0.15, -0.1) is 0 Å². The first kappa shape index (κ1) is 15.1. The van der Waals surface area contributed by atoms with Crippen LogP contribution in [0.4, 0.5) is 4.39 Å². The van der Waals surface area contributed by atoms with Gasteiger partial charge in [0.05, 0.1) is 12.3 Å². The summed E-state index contributed by atoms with van der Waals surface area (Å²) in [5.74, 6) is 0. The van der Waals surface area contributed by atoms with Gasteiger partial charge in [-0.05, 0) is 24.8 Å². The zero-order valence-corrected chi connectivity index (χ0v) is 13.0. The Morgan fingerprint density at radius 3 is 2.96 bits per heavy atom. The van der Waals surface area contributed by atoms with Crippen LogP contribution in [-0.2, 0) is 11.2 Å². The molecular formula is C15H16FN3O3S. The average Bonchev–Trinajstić information content (AvgIpc) is 3.00. The van der Waals surface area contributed by atoms with E-state index in [2.05, 4.69) is 9.97 Å². The molecule has 4 rings (SSSR count). The maximum absolute atomic E-state index is 14.4.